The Balaban J connectivity index is 2.43. The first-order valence-electron chi connectivity index (χ1n) is 4.95. The van der Waals surface area contributed by atoms with Crippen LogP contribution in [0.2, 0.25) is 0 Å². The molecule has 0 aliphatic carbocycles. The number of rotatable bonds is 3. The molecule has 0 unspecified atom stereocenters. The lowest BCUT2D eigenvalue weighted by Gasteiger charge is -2.05. The fraction of sp³-hybridized carbons (Fsp3) is 0.333. The molecule has 0 radical (unpaired) electrons. The van der Waals surface area contributed by atoms with Gasteiger partial charge < -0.3 is 0 Å². The van der Waals surface area contributed by atoms with E-state index in [1.165, 1.54) is 11.3 Å². The lowest BCUT2D eigenvalue weighted by atomic mass is 10.4. The van der Waals surface area contributed by atoms with Crippen molar-refractivity contribution >= 4 is 42.4 Å². The van der Waals surface area contributed by atoms with E-state index in [4.69, 9.17) is 0 Å². The Morgan fingerprint density at radius 1 is 1.44 bits per heavy atom. The smallest absolute Gasteiger partial charge is 0.267 e. The lowest BCUT2D eigenvalue weighted by molar-refractivity contribution is 0.599. The van der Waals surface area contributed by atoms with E-state index in [-0.39, 0.29) is 4.90 Å². The Morgan fingerprint density at radius 2 is 2.11 bits per heavy atom. The molecule has 18 heavy (non-hydrogen) atoms. The van der Waals surface area contributed by atoms with E-state index in [0.717, 1.165) is 3.79 Å². The summed E-state index contributed by atoms with van der Waals surface area (Å²) in [4.78, 5) is 4.15. The minimum absolute atomic E-state index is 0.205. The number of sulfonamides is 1. The fourth-order valence-corrected chi connectivity index (χ4v) is 4.40. The predicted molar refractivity (Wildman–Crippen MR) is 73.3 cm³/mol. The maximum absolute atomic E-state index is 12.3. The number of aromatic nitrogens is 3. The van der Waals surface area contributed by atoms with Gasteiger partial charge >= 0.3 is 0 Å². The maximum atomic E-state index is 12.3. The van der Waals surface area contributed by atoms with Crippen molar-refractivity contribution < 1.29 is 8.42 Å². The van der Waals surface area contributed by atoms with Gasteiger partial charge in [0.25, 0.3) is 10.0 Å². The molecule has 2 aromatic heterocycles. The van der Waals surface area contributed by atoms with Crippen LogP contribution in [0.25, 0.3) is 0 Å². The second-order valence-corrected chi connectivity index (χ2v) is 7.73. The van der Waals surface area contributed by atoms with Gasteiger partial charge in [-0.05, 0) is 29.8 Å². The minimum Gasteiger partial charge on any atom is -0.271 e. The summed E-state index contributed by atoms with van der Waals surface area (Å²) in [7, 11) is -1.94. The molecular weight excluding hydrogens is 340 g/mol. The zero-order chi connectivity index (χ0) is 13.5. The zero-order valence-electron chi connectivity index (χ0n) is 9.93. The molecule has 2 aromatic rings. The second kappa shape index (κ2) is 4.63. The first-order chi connectivity index (χ1) is 8.31. The van der Waals surface area contributed by atoms with E-state index in [0.29, 0.717) is 16.5 Å². The first-order valence-corrected chi connectivity index (χ1v) is 8.05. The average molecular weight is 351 g/mol. The van der Waals surface area contributed by atoms with Gasteiger partial charge in [0.15, 0.2) is 5.13 Å². The highest BCUT2D eigenvalue weighted by Crippen LogP contribution is 2.27. The third-order valence-corrected chi connectivity index (χ3v) is 5.52. The van der Waals surface area contributed by atoms with Crippen LogP contribution in [0, 0.1) is 13.8 Å². The van der Waals surface area contributed by atoms with Crippen LogP contribution in [0.4, 0.5) is 5.13 Å². The van der Waals surface area contributed by atoms with Crippen molar-refractivity contribution in [3.8, 4) is 0 Å². The number of aryl methyl sites for hydroxylation is 2. The molecular formula is C9H11BrN4O2S2. The summed E-state index contributed by atoms with van der Waals surface area (Å²) in [6.07, 6.45) is 1.55. The molecule has 0 atom stereocenters. The molecule has 0 amide bonds. The van der Waals surface area contributed by atoms with E-state index in [9.17, 15) is 8.42 Å². The number of thiazole rings is 1. The van der Waals surface area contributed by atoms with Gasteiger partial charge in [0.1, 0.15) is 4.90 Å². The normalized spacial score (nSPS) is 11.8. The summed E-state index contributed by atoms with van der Waals surface area (Å²) in [5.74, 6) is 0. The first kappa shape index (κ1) is 13.5. The molecule has 0 saturated carbocycles. The monoisotopic (exact) mass is 350 g/mol. The van der Waals surface area contributed by atoms with Gasteiger partial charge in [-0.25, -0.2) is 13.4 Å². The molecule has 2 heterocycles. The molecule has 0 aromatic carbocycles. The molecule has 9 heteroatoms. The van der Waals surface area contributed by atoms with Crippen molar-refractivity contribution in [2.75, 3.05) is 4.72 Å². The highest BCUT2D eigenvalue weighted by molar-refractivity contribution is 9.11. The van der Waals surface area contributed by atoms with Crippen LogP contribution >= 0.6 is 27.3 Å². The van der Waals surface area contributed by atoms with E-state index in [1.54, 1.807) is 31.8 Å². The Morgan fingerprint density at radius 3 is 2.56 bits per heavy atom. The zero-order valence-corrected chi connectivity index (χ0v) is 13.1. The van der Waals surface area contributed by atoms with Crippen molar-refractivity contribution in [1.29, 1.82) is 0 Å². The summed E-state index contributed by atoms with van der Waals surface area (Å²) in [6.45, 7) is 3.38. The molecule has 0 spiro atoms. The Labute approximate surface area is 117 Å². The van der Waals surface area contributed by atoms with Crippen LogP contribution in [-0.2, 0) is 17.1 Å². The van der Waals surface area contributed by atoms with E-state index >= 15 is 0 Å². The molecule has 0 fully saturated rings. The van der Waals surface area contributed by atoms with Crippen molar-refractivity contribution in [3.63, 3.8) is 0 Å². The summed E-state index contributed by atoms with van der Waals surface area (Å²) in [6, 6.07) is 0. The molecule has 2 rings (SSSR count). The summed E-state index contributed by atoms with van der Waals surface area (Å²) < 4.78 is 29.3. The van der Waals surface area contributed by atoms with E-state index in [1.807, 2.05) is 0 Å². The fourth-order valence-electron chi connectivity index (χ4n) is 1.61. The topological polar surface area (TPSA) is 76.9 Å². The van der Waals surface area contributed by atoms with Crippen LogP contribution in [0.5, 0.6) is 0 Å². The molecule has 0 bridgehead atoms. The molecule has 98 valence electrons. The second-order valence-electron chi connectivity index (χ2n) is 3.70. The van der Waals surface area contributed by atoms with Gasteiger partial charge in [0.05, 0.1) is 21.4 Å². The highest BCUT2D eigenvalue weighted by atomic mass is 79.9. The molecule has 0 aliphatic heterocycles. The van der Waals surface area contributed by atoms with Crippen molar-refractivity contribution in [2.24, 2.45) is 7.05 Å². The number of halogens is 1. The number of anilines is 1. The largest absolute Gasteiger partial charge is 0.271 e. The Bertz CT molecular complexity index is 689. The lowest BCUT2D eigenvalue weighted by Crippen LogP contribution is -2.14. The van der Waals surface area contributed by atoms with Gasteiger partial charge in [0.2, 0.25) is 0 Å². The number of nitrogens with zero attached hydrogens (tertiary/aromatic N) is 3. The Kier molecular flexibility index (Phi) is 3.47. The van der Waals surface area contributed by atoms with Gasteiger partial charge in [-0.3, -0.25) is 9.40 Å². The number of hydrogen-bond donors (Lipinski definition) is 1. The van der Waals surface area contributed by atoms with Crippen LogP contribution in [0.3, 0.4) is 0 Å². The van der Waals surface area contributed by atoms with E-state index < -0.39 is 10.0 Å². The Hall–Kier alpha value is -0.930. The standard InChI is InChI=1S/C9H11BrN4O2S2/c1-5-8(6(2)14(3)12-5)18(15,16)13-9-11-4-7(10)17-9/h4H,1-3H3,(H,11,13). The third kappa shape index (κ3) is 2.43. The molecule has 1 N–H and O–H groups in total. The van der Waals surface area contributed by atoms with Crippen LogP contribution in [0.15, 0.2) is 14.9 Å². The van der Waals surface area contributed by atoms with Crippen LogP contribution in [0.1, 0.15) is 11.4 Å². The van der Waals surface area contributed by atoms with Gasteiger partial charge in [-0.15, -0.1) is 0 Å². The van der Waals surface area contributed by atoms with Gasteiger partial charge in [0, 0.05) is 7.05 Å². The van der Waals surface area contributed by atoms with Crippen molar-refractivity contribution in [1.82, 2.24) is 14.8 Å². The van der Waals surface area contributed by atoms with Crippen LogP contribution < -0.4 is 4.72 Å². The van der Waals surface area contributed by atoms with Gasteiger partial charge in [-0.2, -0.15) is 5.10 Å². The number of nitrogens with one attached hydrogen (secondary N) is 1. The summed E-state index contributed by atoms with van der Waals surface area (Å²) in [5, 5.41) is 4.42. The SMILES string of the molecule is Cc1nn(C)c(C)c1S(=O)(=O)Nc1ncc(Br)s1. The molecule has 0 aliphatic rings. The summed E-state index contributed by atoms with van der Waals surface area (Å²) >= 11 is 4.45. The average Bonchev–Trinajstić information content (AvgIpc) is 2.72. The third-order valence-electron chi connectivity index (χ3n) is 2.41. The predicted octanol–water partition coefficient (Wildman–Crippen LogP) is 2.06. The highest BCUT2D eigenvalue weighted by Gasteiger charge is 2.24. The van der Waals surface area contributed by atoms with E-state index in [2.05, 4.69) is 30.7 Å². The maximum Gasteiger partial charge on any atom is 0.267 e. The van der Waals surface area contributed by atoms with Crippen molar-refractivity contribution in [3.05, 3.63) is 21.4 Å². The van der Waals surface area contributed by atoms with Crippen LogP contribution in [-0.4, -0.2) is 23.2 Å². The van der Waals surface area contributed by atoms with Gasteiger partial charge in [-0.1, -0.05) is 11.3 Å². The molecule has 6 nitrogen and oxygen atoms in total. The quantitative estimate of drug-likeness (QED) is 0.918. The van der Waals surface area contributed by atoms with Crippen molar-refractivity contribution in [2.45, 2.75) is 18.7 Å². The summed E-state index contributed by atoms with van der Waals surface area (Å²) in [5.41, 5.74) is 1.06. The molecule has 0 saturated heterocycles. The minimum atomic E-state index is -3.65. The number of hydrogen-bond acceptors (Lipinski definition) is 5.